The Bertz CT molecular complexity index is 873. The van der Waals surface area contributed by atoms with Crippen LogP contribution < -0.4 is 4.74 Å². The molecule has 1 atom stereocenters. The van der Waals surface area contributed by atoms with Crippen LogP contribution in [-0.4, -0.2) is 158 Å². The second kappa shape index (κ2) is 39.8. The number of hydrogen-bond acceptors (Lipinski definition) is 13. The van der Waals surface area contributed by atoms with Crippen LogP contribution >= 0.6 is 0 Å². The first-order valence-corrected chi connectivity index (χ1v) is 20.6. The Morgan fingerprint density at radius 2 is 0.833 bits per heavy atom. The van der Waals surface area contributed by atoms with Crippen LogP contribution in [0.4, 0.5) is 0 Å². The number of hydrogen-bond donors (Lipinski definition) is 0. The van der Waals surface area contributed by atoms with Gasteiger partial charge in [0.05, 0.1) is 139 Å². The molecule has 2 rings (SSSR count). The summed E-state index contributed by atoms with van der Waals surface area (Å²) in [5, 5.41) is 0. The highest BCUT2D eigenvalue weighted by Gasteiger charge is 2.13. The fourth-order valence-corrected chi connectivity index (χ4v) is 5.24. The van der Waals surface area contributed by atoms with Crippen LogP contribution in [0.3, 0.4) is 0 Å². The predicted octanol–water partition coefficient (Wildman–Crippen LogP) is 5.68. The summed E-state index contributed by atoms with van der Waals surface area (Å²) in [6, 6.07) is 8.44. The fraction of sp³-hybridized carbons (Fsp3) is 0.854. The maximum atomic E-state index is 5.78. The Morgan fingerprint density at radius 3 is 1.24 bits per heavy atom. The quantitative estimate of drug-likeness (QED) is 0.0759. The molecule has 13 nitrogen and oxygen atoms in total. The molecule has 1 aromatic rings. The van der Waals surface area contributed by atoms with Crippen LogP contribution in [0.15, 0.2) is 24.3 Å². The average Bonchev–Trinajstić information content (AvgIpc) is 3.20. The Balaban J connectivity index is 1.16. The third kappa shape index (κ3) is 32.8. The molecule has 1 heterocycles. The molecule has 0 N–H and O–H groups in total. The summed E-state index contributed by atoms with van der Waals surface area (Å²) in [6.07, 6.45) is 12.3. The van der Waals surface area contributed by atoms with E-state index in [1.54, 1.807) is 0 Å². The number of benzene rings is 1. The topological polar surface area (TPSA) is 120 Å². The Hall–Kier alpha value is -1.46. The molecule has 13 heteroatoms. The highest BCUT2D eigenvalue weighted by atomic mass is 16.7. The van der Waals surface area contributed by atoms with Crippen LogP contribution in [0.1, 0.15) is 70.3 Å². The second-order valence-electron chi connectivity index (χ2n) is 12.8. The van der Waals surface area contributed by atoms with E-state index in [1.165, 1.54) is 50.5 Å². The van der Waals surface area contributed by atoms with Gasteiger partial charge in [0.15, 0.2) is 6.29 Å². The van der Waals surface area contributed by atoms with Crippen LogP contribution in [-0.2, 0) is 63.3 Å². The molecule has 316 valence electrons. The lowest BCUT2D eigenvalue weighted by atomic mass is 10.0. The van der Waals surface area contributed by atoms with Crippen molar-refractivity contribution in [2.24, 2.45) is 0 Å². The first-order valence-electron chi connectivity index (χ1n) is 20.6. The van der Waals surface area contributed by atoms with Crippen LogP contribution in [0.5, 0.6) is 5.75 Å². The minimum Gasteiger partial charge on any atom is -0.491 e. The monoisotopic (exact) mass is 775 g/mol. The van der Waals surface area contributed by atoms with E-state index in [0.29, 0.717) is 145 Å². The van der Waals surface area contributed by atoms with E-state index in [9.17, 15) is 0 Å². The molecule has 0 amide bonds. The van der Waals surface area contributed by atoms with E-state index in [-0.39, 0.29) is 6.29 Å². The molecule has 0 aliphatic carbocycles. The third-order valence-corrected chi connectivity index (χ3v) is 8.26. The van der Waals surface area contributed by atoms with Gasteiger partial charge in [-0.1, -0.05) is 51.2 Å². The van der Waals surface area contributed by atoms with Crippen LogP contribution in [0.25, 0.3) is 0 Å². The molecule has 0 aromatic heterocycles. The van der Waals surface area contributed by atoms with Gasteiger partial charge in [0.25, 0.3) is 0 Å². The minimum absolute atomic E-state index is 0.0662. The molecule has 54 heavy (non-hydrogen) atoms. The van der Waals surface area contributed by atoms with Gasteiger partial charge < -0.3 is 61.6 Å². The smallest absolute Gasteiger partial charge is 0.157 e. The van der Waals surface area contributed by atoms with E-state index >= 15 is 0 Å². The summed E-state index contributed by atoms with van der Waals surface area (Å²) >= 11 is 0. The van der Waals surface area contributed by atoms with Gasteiger partial charge in [-0.3, -0.25) is 0 Å². The Labute approximate surface area is 326 Å². The maximum Gasteiger partial charge on any atom is 0.157 e. The Morgan fingerprint density at radius 1 is 0.444 bits per heavy atom. The molecule has 1 aliphatic heterocycles. The molecule has 1 saturated heterocycles. The summed E-state index contributed by atoms with van der Waals surface area (Å²) in [6.45, 7) is 14.6. The summed E-state index contributed by atoms with van der Waals surface area (Å²) in [7, 11) is 0. The fourth-order valence-electron chi connectivity index (χ4n) is 5.24. The molecular weight excluding hydrogens is 700 g/mol. The lowest BCUT2D eigenvalue weighted by Crippen LogP contribution is -2.24. The lowest BCUT2D eigenvalue weighted by Gasteiger charge is -2.22. The highest BCUT2D eigenvalue weighted by Crippen LogP contribution is 2.15. The minimum atomic E-state index is -0.0662. The van der Waals surface area contributed by atoms with Gasteiger partial charge in [-0.15, -0.1) is 0 Å². The average molecular weight is 775 g/mol. The zero-order valence-corrected chi connectivity index (χ0v) is 33.5. The zero-order valence-electron chi connectivity index (χ0n) is 33.5. The number of ether oxygens (including phenoxy) is 13. The van der Waals surface area contributed by atoms with Gasteiger partial charge in [-0.2, -0.15) is 0 Å². The summed E-state index contributed by atoms with van der Waals surface area (Å²) < 4.78 is 72.1. The van der Waals surface area contributed by atoms with E-state index in [0.717, 1.165) is 31.6 Å². The van der Waals surface area contributed by atoms with Crippen molar-refractivity contribution in [2.45, 2.75) is 77.4 Å². The van der Waals surface area contributed by atoms with E-state index in [1.807, 2.05) is 0 Å². The van der Waals surface area contributed by atoms with Crippen molar-refractivity contribution in [2.75, 3.05) is 152 Å². The van der Waals surface area contributed by atoms with Gasteiger partial charge in [0.1, 0.15) is 12.4 Å². The zero-order chi connectivity index (χ0) is 38.1. The molecule has 1 fully saturated rings. The van der Waals surface area contributed by atoms with Crippen molar-refractivity contribution in [3.8, 4) is 5.75 Å². The van der Waals surface area contributed by atoms with Gasteiger partial charge in [0, 0.05) is 6.61 Å². The summed E-state index contributed by atoms with van der Waals surface area (Å²) in [4.78, 5) is 0. The van der Waals surface area contributed by atoms with E-state index < -0.39 is 0 Å². The van der Waals surface area contributed by atoms with Gasteiger partial charge in [-0.25, -0.2) is 0 Å². The second-order valence-corrected chi connectivity index (χ2v) is 12.8. The lowest BCUT2D eigenvalue weighted by molar-refractivity contribution is -0.169. The highest BCUT2D eigenvalue weighted by molar-refractivity contribution is 5.27. The summed E-state index contributed by atoms with van der Waals surface area (Å²) in [5.74, 6) is 0.886. The van der Waals surface area contributed by atoms with Crippen LogP contribution in [0, 0.1) is 0 Å². The molecule has 0 spiro atoms. The number of rotatable bonds is 42. The standard InChI is InChI=1S/C41H74O13/c1-2-3-4-5-6-7-10-39-12-14-40(15-13-39)52-37-35-50-33-31-48-29-27-46-25-23-44-21-19-42-17-18-43-20-22-45-24-26-47-28-30-49-32-34-51-36-38-54-41-11-8-9-16-53-41/h12-15,41H,2-11,16-38H2,1H3. The van der Waals surface area contributed by atoms with Crippen molar-refractivity contribution in [3.05, 3.63) is 29.8 Å². The van der Waals surface area contributed by atoms with Gasteiger partial charge >= 0.3 is 0 Å². The van der Waals surface area contributed by atoms with Crippen LogP contribution in [0.2, 0.25) is 0 Å². The normalized spacial score (nSPS) is 14.6. The van der Waals surface area contributed by atoms with E-state index in [4.69, 9.17) is 61.6 Å². The molecule has 0 bridgehead atoms. The SMILES string of the molecule is CCCCCCCCc1ccc(OCCOCCOCCOCCOCCOCCOCCOCCOCCOCCOCCOC2CCCCO2)cc1. The maximum absolute atomic E-state index is 5.78. The Kier molecular flexibility index (Phi) is 35.9. The molecule has 0 radical (unpaired) electrons. The summed E-state index contributed by atoms with van der Waals surface area (Å²) in [5.41, 5.74) is 1.38. The van der Waals surface area contributed by atoms with Crippen molar-refractivity contribution in [3.63, 3.8) is 0 Å². The van der Waals surface area contributed by atoms with Crippen molar-refractivity contribution in [1.82, 2.24) is 0 Å². The van der Waals surface area contributed by atoms with Gasteiger partial charge in [0.2, 0.25) is 0 Å². The first kappa shape index (κ1) is 48.7. The molecule has 1 aliphatic rings. The van der Waals surface area contributed by atoms with Crippen molar-refractivity contribution >= 4 is 0 Å². The molecule has 0 saturated carbocycles. The van der Waals surface area contributed by atoms with Crippen molar-refractivity contribution < 1.29 is 61.6 Å². The molecule has 1 aromatic carbocycles. The number of unbranched alkanes of at least 4 members (excludes halogenated alkanes) is 5. The molecule has 1 unspecified atom stereocenters. The van der Waals surface area contributed by atoms with Crippen molar-refractivity contribution in [1.29, 1.82) is 0 Å². The molecular formula is C41H74O13. The van der Waals surface area contributed by atoms with Gasteiger partial charge in [-0.05, 0) is 49.8 Å². The largest absolute Gasteiger partial charge is 0.491 e. The predicted molar refractivity (Wildman–Crippen MR) is 207 cm³/mol. The third-order valence-electron chi connectivity index (χ3n) is 8.26. The first-order chi connectivity index (χ1) is 26.9. The van der Waals surface area contributed by atoms with E-state index in [2.05, 4.69) is 31.2 Å². The number of aryl methyl sites for hydroxylation is 1.